The number of thioether (sulfide) groups is 1. The summed E-state index contributed by atoms with van der Waals surface area (Å²) in [5.74, 6) is 0.929. The van der Waals surface area contributed by atoms with E-state index in [4.69, 9.17) is 4.42 Å². The highest BCUT2D eigenvalue weighted by Crippen LogP contribution is 2.34. The number of ketones is 1. The topological polar surface area (TPSA) is 102 Å². The molecular formula is C18H23N3O4S2. The zero-order chi connectivity index (χ0) is 19.4. The third-order valence-electron chi connectivity index (χ3n) is 4.50. The fourth-order valence-corrected chi connectivity index (χ4v) is 4.47. The summed E-state index contributed by atoms with van der Waals surface area (Å²) < 4.78 is 30.6. The van der Waals surface area contributed by atoms with Crippen molar-refractivity contribution in [1.29, 1.82) is 0 Å². The number of nitrogens with one attached hydrogen (secondary N) is 1. The van der Waals surface area contributed by atoms with Crippen molar-refractivity contribution in [3.63, 3.8) is 0 Å². The number of rotatable bonds is 7. The van der Waals surface area contributed by atoms with Gasteiger partial charge in [-0.2, -0.15) is 0 Å². The normalized spacial score (nSPS) is 16.8. The van der Waals surface area contributed by atoms with E-state index < -0.39 is 15.3 Å². The maximum atomic E-state index is 12.6. The van der Waals surface area contributed by atoms with Gasteiger partial charge in [-0.15, -0.1) is 10.2 Å². The first-order valence-corrected chi connectivity index (χ1v) is 11.7. The Morgan fingerprint density at radius 1 is 1.19 bits per heavy atom. The summed E-state index contributed by atoms with van der Waals surface area (Å²) >= 11 is 1.24. The Bertz CT molecular complexity index is 888. The molecular weight excluding hydrogens is 386 g/mol. The van der Waals surface area contributed by atoms with Crippen molar-refractivity contribution in [2.45, 2.75) is 55.4 Å². The van der Waals surface area contributed by atoms with Gasteiger partial charge >= 0.3 is 0 Å². The lowest BCUT2D eigenvalue weighted by molar-refractivity contribution is 0.0993. The van der Waals surface area contributed by atoms with Crippen molar-refractivity contribution in [2.75, 3.05) is 11.0 Å². The van der Waals surface area contributed by atoms with Crippen molar-refractivity contribution in [3.05, 3.63) is 35.7 Å². The molecule has 0 unspecified atom stereocenters. The van der Waals surface area contributed by atoms with Crippen LogP contribution >= 0.6 is 11.8 Å². The van der Waals surface area contributed by atoms with Crippen molar-refractivity contribution >= 4 is 33.3 Å². The number of carbonyl (C=O) groups is 1. The summed E-state index contributed by atoms with van der Waals surface area (Å²) in [7, 11) is -3.34. The molecule has 1 heterocycles. The largest absolute Gasteiger partial charge is 0.416 e. The van der Waals surface area contributed by atoms with E-state index in [9.17, 15) is 13.2 Å². The van der Waals surface area contributed by atoms with Crippen LogP contribution in [0.5, 0.6) is 0 Å². The van der Waals surface area contributed by atoms with Gasteiger partial charge in [-0.1, -0.05) is 31.0 Å². The van der Waals surface area contributed by atoms with E-state index in [1.54, 1.807) is 31.2 Å². The van der Waals surface area contributed by atoms with E-state index in [1.165, 1.54) is 31.0 Å². The zero-order valence-corrected chi connectivity index (χ0v) is 17.0. The monoisotopic (exact) mass is 409 g/mol. The van der Waals surface area contributed by atoms with Gasteiger partial charge in [-0.25, -0.2) is 8.42 Å². The van der Waals surface area contributed by atoms with Gasteiger partial charge in [0.2, 0.25) is 15.9 Å². The fraction of sp³-hybridized carbons (Fsp3) is 0.500. The lowest BCUT2D eigenvalue weighted by atomic mass is 9.89. The number of hydrogen-bond acceptors (Lipinski definition) is 7. The standard InChI is InChI=1S/C18H23N3O4S2/c1-12(16(22)13-8-10-15(11-9-13)21-27(2,23)24)26-18-20-19-17(25-18)14-6-4-3-5-7-14/h8-12,14,21H,3-7H2,1-2H3/t12-/m1/s1. The third-order valence-corrected chi connectivity index (χ3v) is 6.04. The van der Waals surface area contributed by atoms with Crippen molar-refractivity contribution < 1.29 is 17.6 Å². The Balaban J connectivity index is 1.61. The second kappa shape index (κ2) is 8.43. The average Bonchev–Trinajstić information content (AvgIpc) is 3.09. The van der Waals surface area contributed by atoms with Gasteiger partial charge in [0.15, 0.2) is 5.78 Å². The first kappa shape index (κ1) is 19.9. The Morgan fingerprint density at radius 3 is 2.48 bits per heavy atom. The molecule has 0 radical (unpaired) electrons. The van der Waals surface area contributed by atoms with Gasteiger partial charge in [-0.05, 0) is 44.0 Å². The van der Waals surface area contributed by atoms with Crippen LogP contribution in [0.2, 0.25) is 0 Å². The van der Waals surface area contributed by atoms with Crippen LogP contribution in [0.25, 0.3) is 0 Å². The van der Waals surface area contributed by atoms with Crippen LogP contribution in [-0.4, -0.2) is 35.9 Å². The smallest absolute Gasteiger partial charge is 0.277 e. The Hall–Kier alpha value is -1.87. The Kier molecular flexibility index (Phi) is 6.21. The molecule has 0 saturated heterocycles. The quantitative estimate of drug-likeness (QED) is 0.547. The molecule has 1 aromatic heterocycles. The highest BCUT2D eigenvalue weighted by molar-refractivity contribution is 8.00. The molecule has 2 aromatic rings. The molecule has 146 valence electrons. The number of anilines is 1. The predicted octanol–water partition coefficient (Wildman–Crippen LogP) is 3.85. The number of Topliss-reactive ketones (excluding diaryl/α,β-unsaturated/α-hetero) is 1. The minimum atomic E-state index is -3.34. The summed E-state index contributed by atoms with van der Waals surface area (Å²) in [6.07, 6.45) is 6.87. The minimum absolute atomic E-state index is 0.0803. The first-order valence-electron chi connectivity index (χ1n) is 8.94. The molecule has 1 aliphatic rings. The number of nitrogens with zero attached hydrogens (tertiary/aromatic N) is 2. The highest BCUT2D eigenvalue weighted by atomic mass is 32.2. The van der Waals surface area contributed by atoms with Crippen LogP contribution in [0, 0.1) is 0 Å². The average molecular weight is 410 g/mol. The van der Waals surface area contributed by atoms with E-state index in [-0.39, 0.29) is 5.78 Å². The summed E-state index contributed by atoms with van der Waals surface area (Å²) in [5, 5.41) is 8.25. The van der Waals surface area contributed by atoms with Crippen LogP contribution in [0.1, 0.15) is 61.2 Å². The zero-order valence-electron chi connectivity index (χ0n) is 15.3. The second-order valence-electron chi connectivity index (χ2n) is 6.82. The molecule has 27 heavy (non-hydrogen) atoms. The summed E-state index contributed by atoms with van der Waals surface area (Å²) in [4.78, 5) is 12.6. The molecule has 1 atom stereocenters. The summed E-state index contributed by atoms with van der Waals surface area (Å²) in [6.45, 7) is 1.79. The fourth-order valence-electron chi connectivity index (χ4n) is 3.14. The van der Waals surface area contributed by atoms with Gasteiger partial charge in [0.05, 0.1) is 11.5 Å². The minimum Gasteiger partial charge on any atom is -0.416 e. The lowest BCUT2D eigenvalue weighted by Gasteiger charge is -2.17. The summed E-state index contributed by atoms with van der Waals surface area (Å²) in [5.41, 5.74) is 0.921. The van der Waals surface area contributed by atoms with Crippen molar-refractivity contribution in [2.24, 2.45) is 0 Å². The van der Waals surface area contributed by atoms with Crippen LogP contribution in [0.4, 0.5) is 5.69 Å². The molecule has 7 nitrogen and oxygen atoms in total. The van der Waals surface area contributed by atoms with Gasteiger partial charge in [0, 0.05) is 17.2 Å². The van der Waals surface area contributed by atoms with Crippen molar-refractivity contribution in [3.8, 4) is 0 Å². The van der Waals surface area contributed by atoms with Gasteiger partial charge in [-0.3, -0.25) is 9.52 Å². The van der Waals surface area contributed by atoms with E-state index in [1.807, 2.05) is 0 Å². The molecule has 0 bridgehead atoms. The number of carbonyl (C=O) groups excluding carboxylic acids is 1. The van der Waals surface area contributed by atoms with Gasteiger partial charge in [0.25, 0.3) is 5.22 Å². The molecule has 1 saturated carbocycles. The van der Waals surface area contributed by atoms with Crippen molar-refractivity contribution in [1.82, 2.24) is 10.2 Å². The number of sulfonamides is 1. The highest BCUT2D eigenvalue weighted by Gasteiger charge is 2.24. The van der Waals surface area contributed by atoms with Crippen LogP contribution < -0.4 is 4.72 Å². The molecule has 0 amide bonds. The van der Waals surface area contributed by atoms with Crippen LogP contribution in [0.15, 0.2) is 33.9 Å². The molecule has 1 fully saturated rings. The summed E-state index contributed by atoms with van der Waals surface area (Å²) in [6, 6.07) is 6.35. The number of aromatic nitrogens is 2. The van der Waals surface area contributed by atoms with E-state index in [2.05, 4.69) is 14.9 Å². The van der Waals surface area contributed by atoms with E-state index in [0.29, 0.717) is 28.3 Å². The third kappa shape index (κ3) is 5.55. The first-order chi connectivity index (χ1) is 12.8. The lowest BCUT2D eigenvalue weighted by Crippen LogP contribution is -2.14. The van der Waals surface area contributed by atoms with Crippen LogP contribution in [0.3, 0.4) is 0 Å². The SMILES string of the molecule is C[C@@H](Sc1nnc(C2CCCCC2)o1)C(=O)c1ccc(NS(C)(=O)=O)cc1. The van der Waals surface area contributed by atoms with E-state index >= 15 is 0 Å². The predicted molar refractivity (Wildman–Crippen MR) is 105 cm³/mol. The molecule has 3 rings (SSSR count). The molecule has 1 N–H and O–H groups in total. The number of hydrogen-bond donors (Lipinski definition) is 1. The molecule has 1 aliphatic carbocycles. The maximum absolute atomic E-state index is 12.6. The Labute approximate surface area is 163 Å². The maximum Gasteiger partial charge on any atom is 0.277 e. The van der Waals surface area contributed by atoms with Crippen LogP contribution in [-0.2, 0) is 10.0 Å². The molecule has 0 spiro atoms. The molecule has 1 aromatic carbocycles. The Morgan fingerprint density at radius 2 is 1.85 bits per heavy atom. The number of benzene rings is 1. The van der Waals surface area contributed by atoms with Gasteiger partial charge < -0.3 is 4.42 Å². The molecule has 0 aliphatic heterocycles. The second-order valence-corrected chi connectivity index (χ2v) is 9.86. The van der Waals surface area contributed by atoms with E-state index in [0.717, 1.165) is 19.1 Å². The van der Waals surface area contributed by atoms with Gasteiger partial charge in [0.1, 0.15) is 0 Å². The molecule has 9 heteroatoms.